The Morgan fingerprint density at radius 2 is 1.75 bits per heavy atom. The van der Waals surface area contributed by atoms with Crippen LogP contribution >= 0.6 is 31.9 Å². The number of nitrogens with zero attached hydrogens (tertiary/aromatic N) is 2. The minimum absolute atomic E-state index is 0.121. The van der Waals surface area contributed by atoms with Gasteiger partial charge in [-0.3, -0.25) is 9.59 Å². The van der Waals surface area contributed by atoms with Crippen molar-refractivity contribution in [2.24, 2.45) is 23.7 Å². The molecule has 7 heteroatoms. The third-order valence-electron chi connectivity index (χ3n) is 4.83. The molecule has 0 aromatic carbocycles. The molecular weight excluding hydrogens is 392 g/mol. The predicted octanol–water partition coefficient (Wildman–Crippen LogP) is 2.27. The molecule has 5 nitrogen and oxygen atoms in total. The number of carbonyl (C=O) groups is 2. The molecule has 0 spiro atoms. The Morgan fingerprint density at radius 3 is 2.20 bits per heavy atom. The number of fused-ring (bicyclic) bond motifs is 5. The Kier molecular flexibility index (Phi) is 2.71. The van der Waals surface area contributed by atoms with Gasteiger partial charge in [0.1, 0.15) is 5.76 Å². The van der Waals surface area contributed by atoms with Crippen molar-refractivity contribution in [2.45, 2.75) is 23.0 Å². The molecule has 0 N–H and O–H groups in total. The molecule has 1 aromatic rings. The average Bonchev–Trinajstić information content (AvgIpc) is 3.10. The smallest absolute Gasteiger partial charge is 0.239 e. The van der Waals surface area contributed by atoms with Crippen LogP contribution in [0.25, 0.3) is 0 Å². The summed E-state index contributed by atoms with van der Waals surface area (Å²) in [7, 11) is 0. The second-order valence-corrected chi connectivity index (χ2v) is 7.93. The quantitative estimate of drug-likeness (QED) is 0.533. The van der Waals surface area contributed by atoms with Gasteiger partial charge in [0, 0.05) is 15.7 Å². The van der Waals surface area contributed by atoms with Crippen molar-refractivity contribution < 1.29 is 14.1 Å². The van der Waals surface area contributed by atoms with Crippen LogP contribution in [0, 0.1) is 30.6 Å². The molecule has 1 aliphatic heterocycles. The van der Waals surface area contributed by atoms with E-state index in [9.17, 15) is 9.59 Å². The van der Waals surface area contributed by atoms with E-state index in [1.54, 1.807) is 13.0 Å². The first-order chi connectivity index (χ1) is 9.50. The highest BCUT2D eigenvalue weighted by molar-refractivity contribution is 9.12. The molecule has 20 heavy (non-hydrogen) atoms. The van der Waals surface area contributed by atoms with Gasteiger partial charge in [0.25, 0.3) is 0 Å². The van der Waals surface area contributed by atoms with Crippen molar-refractivity contribution in [2.75, 3.05) is 4.90 Å². The number of imide groups is 1. The SMILES string of the molecule is Cc1cc(N2C(=O)[C@H]3[C@@H]4C[C@@H]([C@H](Br)[C@@H]4Br)[C@@H]3C2=O)no1. The zero-order chi connectivity index (χ0) is 14.2. The summed E-state index contributed by atoms with van der Waals surface area (Å²) in [5.74, 6) is 0.716. The van der Waals surface area contributed by atoms with E-state index in [0.29, 0.717) is 11.6 Å². The maximum Gasteiger partial charge on any atom is 0.239 e. The first-order valence-corrected chi connectivity index (χ1v) is 8.43. The van der Waals surface area contributed by atoms with Gasteiger partial charge in [0.15, 0.2) is 5.82 Å². The number of rotatable bonds is 1. The van der Waals surface area contributed by atoms with Gasteiger partial charge in [-0.2, -0.15) is 0 Å². The summed E-state index contributed by atoms with van der Waals surface area (Å²) in [4.78, 5) is 27.0. The number of aryl methyl sites for hydroxylation is 1. The number of hydrogen-bond acceptors (Lipinski definition) is 4. The maximum atomic E-state index is 12.6. The van der Waals surface area contributed by atoms with E-state index in [0.717, 1.165) is 6.42 Å². The van der Waals surface area contributed by atoms with Crippen molar-refractivity contribution in [1.29, 1.82) is 0 Å². The number of halogens is 2. The van der Waals surface area contributed by atoms with Crippen LogP contribution in [0.3, 0.4) is 0 Å². The molecule has 2 aliphatic carbocycles. The van der Waals surface area contributed by atoms with E-state index in [1.807, 2.05) is 0 Å². The molecule has 6 atom stereocenters. The van der Waals surface area contributed by atoms with Crippen LogP contribution in [0.2, 0.25) is 0 Å². The number of aromatic nitrogens is 1. The number of hydrogen-bond donors (Lipinski definition) is 0. The zero-order valence-corrected chi connectivity index (χ0v) is 13.8. The van der Waals surface area contributed by atoms with E-state index in [1.165, 1.54) is 4.90 Å². The first-order valence-electron chi connectivity index (χ1n) is 6.60. The minimum atomic E-state index is -0.206. The van der Waals surface area contributed by atoms with Crippen LogP contribution in [-0.2, 0) is 9.59 Å². The molecule has 2 bridgehead atoms. The summed E-state index contributed by atoms with van der Waals surface area (Å²) >= 11 is 7.32. The summed E-state index contributed by atoms with van der Waals surface area (Å²) in [5.41, 5.74) is 0. The molecule has 106 valence electrons. The largest absolute Gasteiger partial charge is 0.360 e. The Bertz CT molecular complexity index is 585. The maximum absolute atomic E-state index is 12.6. The average molecular weight is 404 g/mol. The number of amides is 2. The summed E-state index contributed by atoms with van der Waals surface area (Å²) in [6, 6.07) is 1.63. The van der Waals surface area contributed by atoms with E-state index in [4.69, 9.17) is 4.52 Å². The second-order valence-electron chi connectivity index (χ2n) is 5.81. The molecule has 4 rings (SSSR count). The fourth-order valence-electron chi connectivity index (χ4n) is 4.03. The van der Waals surface area contributed by atoms with E-state index < -0.39 is 0 Å². The molecule has 0 unspecified atom stereocenters. The highest BCUT2D eigenvalue weighted by Gasteiger charge is 2.66. The molecule has 1 aromatic heterocycles. The fourth-order valence-corrected chi connectivity index (χ4v) is 5.91. The highest BCUT2D eigenvalue weighted by Crippen LogP contribution is 2.60. The van der Waals surface area contributed by atoms with Gasteiger partial charge in [0.2, 0.25) is 11.8 Å². The van der Waals surface area contributed by atoms with Crippen molar-refractivity contribution in [3.05, 3.63) is 11.8 Å². The van der Waals surface area contributed by atoms with Gasteiger partial charge in [-0.1, -0.05) is 37.0 Å². The third-order valence-corrected chi connectivity index (χ3v) is 8.04. The number of anilines is 1. The van der Waals surface area contributed by atoms with Crippen LogP contribution in [0.15, 0.2) is 10.6 Å². The van der Waals surface area contributed by atoms with Crippen molar-refractivity contribution in [3.8, 4) is 0 Å². The first kappa shape index (κ1) is 13.0. The van der Waals surface area contributed by atoms with E-state index >= 15 is 0 Å². The summed E-state index contributed by atoms with van der Waals surface area (Å²) in [6.45, 7) is 1.75. The lowest BCUT2D eigenvalue weighted by molar-refractivity contribution is -0.123. The number of carbonyl (C=O) groups excluding carboxylic acids is 2. The molecule has 2 heterocycles. The monoisotopic (exact) mass is 402 g/mol. The topological polar surface area (TPSA) is 63.4 Å². The Hall–Kier alpha value is -0.690. The normalized spacial score (nSPS) is 42.6. The van der Waals surface area contributed by atoms with Gasteiger partial charge < -0.3 is 4.52 Å². The molecule has 2 saturated carbocycles. The fraction of sp³-hybridized carbons (Fsp3) is 0.615. The number of alkyl halides is 2. The molecule has 0 radical (unpaired) electrons. The molecule has 3 aliphatic rings. The second kappa shape index (κ2) is 4.16. The van der Waals surface area contributed by atoms with Crippen LogP contribution in [0.1, 0.15) is 12.2 Å². The zero-order valence-electron chi connectivity index (χ0n) is 10.6. The Morgan fingerprint density at radius 1 is 1.20 bits per heavy atom. The van der Waals surface area contributed by atoms with E-state index in [-0.39, 0.29) is 45.1 Å². The van der Waals surface area contributed by atoms with Crippen molar-refractivity contribution in [1.82, 2.24) is 5.16 Å². The summed E-state index contributed by atoms with van der Waals surface area (Å²) < 4.78 is 4.99. The van der Waals surface area contributed by atoms with Crippen LogP contribution in [0.5, 0.6) is 0 Å². The van der Waals surface area contributed by atoms with Crippen molar-refractivity contribution in [3.63, 3.8) is 0 Å². The summed E-state index contributed by atoms with van der Waals surface area (Å²) in [6.07, 6.45) is 0.935. The molecule has 1 saturated heterocycles. The van der Waals surface area contributed by atoms with Gasteiger partial charge in [0.05, 0.1) is 11.8 Å². The Labute approximate surface area is 132 Å². The van der Waals surface area contributed by atoms with Crippen LogP contribution in [-0.4, -0.2) is 26.6 Å². The van der Waals surface area contributed by atoms with Crippen LogP contribution < -0.4 is 4.90 Å². The summed E-state index contributed by atoms with van der Waals surface area (Å²) in [5, 5.41) is 3.82. The molecule has 2 amide bonds. The highest BCUT2D eigenvalue weighted by atomic mass is 79.9. The lowest BCUT2D eigenvalue weighted by Crippen LogP contribution is -2.37. The van der Waals surface area contributed by atoms with Gasteiger partial charge in [-0.05, 0) is 25.2 Å². The standard InChI is InChI=1S/C13H12Br2N2O3/c1-4-2-7(16-20-4)17-12(18)8-5-3-6(9(8)13(17)19)11(15)10(5)14/h2,5-6,8-11H,3H2,1H3/t5-,6+,8-,9-,10+,11-/m0/s1. The lowest BCUT2D eigenvalue weighted by atomic mass is 9.81. The lowest BCUT2D eigenvalue weighted by Gasteiger charge is -2.28. The molecule has 3 fully saturated rings. The van der Waals surface area contributed by atoms with Gasteiger partial charge in [-0.25, -0.2) is 4.90 Å². The minimum Gasteiger partial charge on any atom is -0.360 e. The van der Waals surface area contributed by atoms with Gasteiger partial charge in [-0.15, -0.1) is 0 Å². The third kappa shape index (κ3) is 1.45. The molecular formula is C13H12Br2N2O3. The predicted molar refractivity (Wildman–Crippen MR) is 77.7 cm³/mol. The van der Waals surface area contributed by atoms with Crippen molar-refractivity contribution >= 4 is 49.5 Å². The van der Waals surface area contributed by atoms with E-state index in [2.05, 4.69) is 37.0 Å². The van der Waals surface area contributed by atoms with Gasteiger partial charge >= 0.3 is 0 Å². The Balaban J connectivity index is 1.74. The van der Waals surface area contributed by atoms with Crippen LogP contribution in [0.4, 0.5) is 5.82 Å².